The zero-order valence-electron chi connectivity index (χ0n) is 15.8. The molecule has 10 heteroatoms. The number of pyridine rings is 2. The number of aliphatic imine (C=N–C) groups is 1. The Balaban J connectivity index is 1.60. The average molecular weight is 451 g/mol. The van der Waals surface area contributed by atoms with Gasteiger partial charge in [0.25, 0.3) is 12.4 Å². The molecule has 1 fully saturated rings. The Hall–Kier alpha value is -2.94. The van der Waals surface area contributed by atoms with Crippen molar-refractivity contribution >= 4 is 28.5 Å². The first-order valence-electron chi connectivity index (χ1n) is 9.47. The standard InChI is InChI=1S/C21H15ClF4N4O/c22-10-5-11-15(24)8-28-16(18(11)29-7-10)4-9-1-2-14(23)12(3-9)21(19(25)26)13-6-17(13)31-20(27)30-21/h1-3,5,7-8,13,17,19H,4,6H2,(H2,27,30)/t13-,17+,21+/m0/s1. The molecular formula is C21H15ClF4N4O. The molecule has 0 amide bonds. The van der Waals surface area contributed by atoms with Gasteiger partial charge in [0.1, 0.15) is 11.9 Å². The number of ether oxygens (including phenoxy) is 1. The smallest absolute Gasteiger partial charge is 0.283 e. The Morgan fingerprint density at radius 2 is 1.97 bits per heavy atom. The Bertz CT molecular complexity index is 1240. The number of halogens is 5. The number of nitrogens with two attached hydrogens (primary N) is 1. The molecule has 2 aliphatic rings. The number of rotatable bonds is 4. The fourth-order valence-corrected chi connectivity index (χ4v) is 4.39. The van der Waals surface area contributed by atoms with Gasteiger partial charge in [0, 0.05) is 29.5 Å². The SMILES string of the molecule is NC1=N[C@@](c2cc(Cc3ncc(F)c4cc(Cl)cnc34)ccc2F)(C(F)F)[C@H]2C[C@H]2O1. The van der Waals surface area contributed by atoms with E-state index >= 15 is 0 Å². The zero-order valence-corrected chi connectivity index (χ0v) is 16.6. The fourth-order valence-electron chi connectivity index (χ4n) is 4.23. The van der Waals surface area contributed by atoms with Crippen LogP contribution in [0.2, 0.25) is 5.02 Å². The molecule has 3 atom stereocenters. The lowest BCUT2D eigenvalue weighted by molar-refractivity contribution is 0.0176. The van der Waals surface area contributed by atoms with Crippen LogP contribution in [0.4, 0.5) is 17.6 Å². The van der Waals surface area contributed by atoms with E-state index in [1.165, 1.54) is 24.4 Å². The number of hydrogen-bond donors (Lipinski definition) is 1. The molecule has 31 heavy (non-hydrogen) atoms. The summed E-state index contributed by atoms with van der Waals surface area (Å²) < 4.78 is 62.7. The van der Waals surface area contributed by atoms with E-state index in [1.807, 2.05) is 0 Å². The van der Waals surface area contributed by atoms with Crippen molar-refractivity contribution in [2.75, 3.05) is 0 Å². The summed E-state index contributed by atoms with van der Waals surface area (Å²) in [5.41, 5.74) is 4.42. The molecule has 0 bridgehead atoms. The van der Waals surface area contributed by atoms with Crippen LogP contribution in [0.5, 0.6) is 0 Å². The summed E-state index contributed by atoms with van der Waals surface area (Å²) in [6.45, 7) is 0. The van der Waals surface area contributed by atoms with E-state index in [-0.39, 0.29) is 33.9 Å². The lowest BCUT2D eigenvalue weighted by Crippen LogP contribution is -2.43. The van der Waals surface area contributed by atoms with Crippen LogP contribution in [-0.4, -0.2) is 28.5 Å². The topological polar surface area (TPSA) is 73.4 Å². The lowest BCUT2D eigenvalue weighted by atomic mass is 9.83. The number of fused-ring (bicyclic) bond motifs is 2. The predicted octanol–water partition coefficient (Wildman–Crippen LogP) is 4.35. The van der Waals surface area contributed by atoms with Gasteiger partial charge >= 0.3 is 0 Å². The van der Waals surface area contributed by atoms with Crippen molar-refractivity contribution in [1.29, 1.82) is 0 Å². The van der Waals surface area contributed by atoms with Crippen molar-refractivity contribution in [3.8, 4) is 0 Å². The number of hydrogen-bond acceptors (Lipinski definition) is 5. The number of nitrogens with zero attached hydrogens (tertiary/aromatic N) is 3. The van der Waals surface area contributed by atoms with Crippen LogP contribution in [0, 0.1) is 17.6 Å². The summed E-state index contributed by atoms with van der Waals surface area (Å²) in [6.07, 6.45) is -0.661. The third kappa shape index (κ3) is 3.18. The summed E-state index contributed by atoms with van der Waals surface area (Å²) in [7, 11) is 0. The van der Waals surface area contributed by atoms with Gasteiger partial charge < -0.3 is 10.5 Å². The molecule has 160 valence electrons. The van der Waals surface area contributed by atoms with Gasteiger partial charge in [-0.05, 0) is 30.2 Å². The molecule has 1 saturated carbocycles. The molecule has 2 aromatic heterocycles. The second kappa shape index (κ2) is 7.05. The van der Waals surface area contributed by atoms with Crippen LogP contribution in [0.3, 0.4) is 0 Å². The van der Waals surface area contributed by atoms with Crippen LogP contribution in [-0.2, 0) is 16.7 Å². The van der Waals surface area contributed by atoms with Crippen molar-refractivity contribution in [3.05, 3.63) is 70.1 Å². The summed E-state index contributed by atoms with van der Waals surface area (Å²) >= 11 is 5.91. The first-order valence-corrected chi connectivity index (χ1v) is 9.85. The number of alkyl halides is 2. The van der Waals surface area contributed by atoms with Gasteiger partial charge in [-0.15, -0.1) is 0 Å². The van der Waals surface area contributed by atoms with E-state index in [2.05, 4.69) is 15.0 Å². The van der Waals surface area contributed by atoms with Crippen molar-refractivity contribution in [1.82, 2.24) is 9.97 Å². The van der Waals surface area contributed by atoms with Crippen molar-refractivity contribution in [2.24, 2.45) is 16.6 Å². The fraction of sp³-hybridized carbons (Fsp3) is 0.286. The highest BCUT2D eigenvalue weighted by Crippen LogP contribution is 2.56. The maximum absolute atomic E-state index is 14.8. The molecular weight excluding hydrogens is 436 g/mol. The summed E-state index contributed by atoms with van der Waals surface area (Å²) in [5.74, 6) is -2.06. The van der Waals surface area contributed by atoms with Crippen molar-refractivity contribution in [2.45, 2.75) is 30.9 Å². The molecule has 2 N–H and O–H groups in total. The second-order valence-electron chi connectivity index (χ2n) is 7.67. The van der Waals surface area contributed by atoms with Gasteiger partial charge in [0.2, 0.25) is 0 Å². The van der Waals surface area contributed by atoms with Crippen LogP contribution in [0.1, 0.15) is 23.2 Å². The highest BCUT2D eigenvalue weighted by molar-refractivity contribution is 6.31. The first-order chi connectivity index (χ1) is 14.8. The van der Waals surface area contributed by atoms with Crippen molar-refractivity contribution in [3.63, 3.8) is 0 Å². The van der Waals surface area contributed by atoms with E-state index in [4.69, 9.17) is 22.1 Å². The van der Waals surface area contributed by atoms with E-state index in [1.54, 1.807) is 0 Å². The van der Waals surface area contributed by atoms with Gasteiger partial charge in [0.15, 0.2) is 11.4 Å². The van der Waals surface area contributed by atoms with E-state index in [0.717, 1.165) is 12.3 Å². The molecule has 3 heterocycles. The number of aromatic nitrogens is 2. The van der Waals surface area contributed by atoms with Gasteiger partial charge in [-0.2, -0.15) is 0 Å². The monoisotopic (exact) mass is 450 g/mol. The van der Waals surface area contributed by atoms with Crippen LogP contribution >= 0.6 is 11.6 Å². The quantitative estimate of drug-likeness (QED) is 0.600. The minimum Gasteiger partial charge on any atom is -0.462 e. The molecule has 1 aromatic carbocycles. The third-order valence-electron chi connectivity index (χ3n) is 5.75. The molecule has 5 rings (SSSR count). The summed E-state index contributed by atoms with van der Waals surface area (Å²) in [6, 6.07) is 4.96. The lowest BCUT2D eigenvalue weighted by Gasteiger charge is -2.33. The molecule has 1 aliphatic heterocycles. The molecule has 0 saturated heterocycles. The zero-order chi connectivity index (χ0) is 21.9. The highest BCUT2D eigenvalue weighted by Gasteiger charge is 2.64. The Labute approximate surface area is 178 Å². The summed E-state index contributed by atoms with van der Waals surface area (Å²) in [5, 5.41) is 0.451. The molecule has 1 aliphatic carbocycles. The van der Waals surface area contributed by atoms with Crippen LogP contribution in [0.25, 0.3) is 10.9 Å². The van der Waals surface area contributed by atoms with Gasteiger partial charge in [-0.25, -0.2) is 22.6 Å². The minimum atomic E-state index is -2.98. The average Bonchev–Trinajstić information content (AvgIpc) is 3.50. The summed E-state index contributed by atoms with van der Waals surface area (Å²) in [4.78, 5) is 12.1. The van der Waals surface area contributed by atoms with Gasteiger partial charge in [0.05, 0.1) is 22.4 Å². The molecule has 3 aromatic rings. The number of amidine groups is 1. The predicted molar refractivity (Wildman–Crippen MR) is 106 cm³/mol. The van der Waals surface area contributed by atoms with Crippen LogP contribution in [0.15, 0.2) is 41.7 Å². The third-order valence-corrected chi connectivity index (χ3v) is 5.96. The normalized spacial score (nSPS) is 24.6. The minimum absolute atomic E-state index is 0.113. The van der Waals surface area contributed by atoms with E-state index < -0.39 is 35.6 Å². The Morgan fingerprint density at radius 3 is 2.74 bits per heavy atom. The number of benzene rings is 1. The van der Waals surface area contributed by atoms with E-state index in [9.17, 15) is 17.6 Å². The molecule has 5 nitrogen and oxygen atoms in total. The van der Waals surface area contributed by atoms with Gasteiger partial charge in [-0.3, -0.25) is 9.97 Å². The molecule has 0 spiro atoms. The molecule has 0 radical (unpaired) electrons. The Morgan fingerprint density at radius 1 is 1.16 bits per heavy atom. The maximum atomic E-state index is 14.8. The van der Waals surface area contributed by atoms with E-state index in [0.29, 0.717) is 17.7 Å². The maximum Gasteiger partial charge on any atom is 0.283 e. The Kier molecular flexibility index (Phi) is 4.55. The van der Waals surface area contributed by atoms with Crippen molar-refractivity contribution < 1.29 is 22.3 Å². The largest absolute Gasteiger partial charge is 0.462 e. The second-order valence-corrected chi connectivity index (χ2v) is 8.10. The highest BCUT2D eigenvalue weighted by atomic mass is 35.5. The van der Waals surface area contributed by atoms with Crippen LogP contribution < -0.4 is 5.73 Å². The first kappa shape index (κ1) is 20.0. The molecule has 0 unspecified atom stereocenters. The van der Waals surface area contributed by atoms with Gasteiger partial charge in [-0.1, -0.05) is 17.7 Å².